The third-order valence-corrected chi connectivity index (χ3v) is 5.19. The Bertz CT molecular complexity index is 846. The molecule has 0 saturated carbocycles. The monoisotopic (exact) mass is 362 g/mol. The van der Waals surface area contributed by atoms with Crippen molar-refractivity contribution >= 4 is 23.4 Å². The van der Waals surface area contributed by atoms with Gasteiger partial charge in [0.25, 0.3) is 0 Å². The number of aryl methyl sites for hydroxylation is 1. The summed E-state index contributed by atoms with van der Waals surface area (Å²) in [5, 5.41) is 2.84. The van der Waals surface area contributed by atoms with Crippen LogP contribution in [0.1, 0.15) is 23.6 Å². The third-order valence-electron chi connectivity index (χ3n) is 4.08. The fourth-order valence-corrected chi connectivity index (χ4v) is 3.43. The zero-order valence-electron chi connectivity index (χ0n) is 15.0. The summed E-state index contributed by atoms with van der Waals surface area (Å²) in [6, 6.07) is 20.3. The van der Waals surface area contributed by atoms with E-state index in [0.29, 0.717) is 0 Å². The van der Waals surface area contributed by atoms with Crippen LogP contribution < -0.4 is 5.32 Å². The van der Waals surface area contributed by atoms with E-state index in [1.807, 2.05) is 43.3 Å². The zero-order chi connectivity index (χ0) is 18.4. The van der Waals surface area contributed by atoms with Crippen molar-refractivity contribution in [2.75, 3.05) is 5.32 Å². The summed E-state index contributed by atoms with van der Waals surface area (Å²) < 4.78 is 0. The molecule has 1 amide bonds. The van der Waals surface area contributed by atoms with Crippen LogP contribution in [0.4, 0.5) is 5.69 Å². The predicted molar refractivity (Wildman–Crippen MR) is 109 cm³/mol. The van der Waals surface area contributed by atoms with E-state index in [1.165, 1.54) is 16.7 Å². The molecule has 1 atom stereocenters. The predicted octanol–water partition coefficient (Wildman–Crippen LogP) is 5.10. The number of benzene rings is 2. The first-order valence-corrected chi connectivity index (χ1v) is 9.50. The number of carbonyl (C=O) groups is 1. The van der Waals surface area contributed by atoms with Crippen LogP contribution in [-0.2, 0) is 11.2 Å². The number of amides is 1. The molecule has 0 fully saturated rings. The Hall–Kier alpha value is -2.59. The number of nitrogens with one attached hydrogen (secondary N) is 1. The van der Waals surface area contributed by atoms with Crippen molar-refractivity contribution in [3.8, 4) is 0 Å². The third kappa shape index (κ3) is 5.20. The Morgan fingerprint density at radius 3 is 2.23 bits per heavy atom. The SMILES string of the molecule is Cc1ccc(S[C@H](C)C(=O)Nc2ccc(Cc3ccncc3)cc2)cc1. The smallest absolute Gasteiger partial charge is 0.237 e. The highest BCUT2D eigenvalue weighted by molar-refractivity contribution is 8.00. The Kier molecular flexibility index (Phi) is 6.08. The maximum absolute atomic E-state index is 12.4. The van der Waals surface area contributed by atoms with E-state index in [1.54, 1.807) is 24.2 Å². The van der Waals surface area contributed by atoms with Crippen LogP contribution in [-0.4, -0.2) is 16.1 Å². The summed E-state index contributed by atoms with van der Waals surface area (Å²) >= 11 is 1.57. The van der Waals surface area contributed by atoms with Crippen molar-refractivity contribution in [3.63, 3.8) is 0 Å². The molecule has 0 unspecified atom stereocenters. The molecule has 1 heterocycles. The van der Waals surface area contributed by atoms with Crippen molar-refractivity contribution < 1.29 is 4.79 Å². The summed E-state index contributed by atoms with van der Waals surface area (Å²) in [4.78, 5) is 17.6. The molecule has 132 valence electrons. The van der Waals surface area contributed by atoms with E-state index < -0.39 is 0 Å². The number of rotatable bonds is 6. The van der Waals surface area contributed by atoms with Gasteiger partial charge in [-0.2, -0.15) is 0 Å². The lowest BCUT2D eigenvalue weighted by Gasteiger charge is -2.12. The summed E-state index contributed by atoms with van der Waals surface area (Å²) in [5.41, 5.74) is 4.47. The van der Waals surface area contributed by atoms with Gasteiger partial charge in [-0.15, -0.1) is 11.8 Å². The van der Waals surface area contributed by atoms with Crippen LogP contribution in [0.3, 0.4) is 0 Å². The minimum absolute atomic E-state index is 0.0115. The topological polar surface area (TPSA) is 42.0 Å². The van der Waals surface area contributed by atoms with Crippen LogP contribution in [0, 0.1) is 6.92 Å². The normalized spacial score (nSPS) is 11.8. The molecule has 0 saturated heterocycles. The molecule has 26 heavy (non-hydrogen) atoms. The second-order valence-electron chi connectivity index (χ2n) is 6.29. The number of anilines is 1. The Balaban J connectivity index is 1.56. The van der Waals surface area contributed by atoms with E-state index in [0.717, 1.165) is 17.0 Å². The van der Waals surface area contributed by atoms with Gasteiger partial charge < -0.3 is 5.32 Å². The standard InChI is InChI=1S/C22H22N2OS/c1-16-3-9-21(10-4-16)26-17(2)22(25)24-20-7-5-18(6-8-20)15-19-11-13-23-14-12-19/h3-14,17H,15H2,1-2H3,(H,24,25)/t17-/m1/s1. The van der Waals surface area contributed by atoms with Gasteiger partial charge in [-0.25, -0.2) is 0 Å². The van der Waals surface area contributed by atoms with Crippen LogP contribution in [0.2, 0.25) is 0 Å². The molecule has 1 N–H and O–H groups in total. The second kappa shape index (κ2) is 8.68. The second-order valence-corrected chi connectivity index (χ2v) is 7.71. The number of hydrogen-bond acceptors (Lipinski definition) is 3. The molecular weight excluding hydrogens is 340 g/mol. The average Bonchev–Trinajstić information content (AvgIpc) is 2.66. The highest BCUT2D eigenvalue weighted by Crippen LogP contribution is 2.24. The molecule has 3 aromatic rings. The molecule has 0 aliphatic heterocycles. The maximum Gasteiger partial charge on any atom is 0.237 e. The molecular formula is C22H22N2OS. The minimum atomic E-state index is -0.158. The molecule has 4 heteroatoms. The van der Waals surface area contributed by atoms with Gasteiger partial charge in [0.1, 0.15) is 0 Å². The fourth-order valence-electron chi connectivity index (χ4n) is 2.56. The van der Waals surface area contributed by atoms with Crippen LogP contribution in [0.15, 0.2) is 78.0 Å². The first-order valence-electron chi connectivity index (χ1n) is 8.62. The molecule has 3 nitrogen and oxygen atoms in total. The quantitative estimate of drug-likeness (QED) is 0.620. The summed E-state index contributed by atoms with van der Waals surface area (Å²) in [5.74, 6) is 0.0115. The Morgan fingerprint density at radius 2 is 1.58 bits per heavy atom. The van der Waals surface area contributed by atoms with Crippen molar-refractivity contribution in [2.24, 2.45) is 0 Å². The lowest BCUT2D eigenvalue weighted by molar-refractivity contribution is -0.115. The average molecular weight is 362 g/mol. The molecule has 1 aromatic heterocycles. The van der Waals surface area contributed by atoms with Crippen molar-refractivity contribution in [1.82, 2.24) is 4.98 Å². The number of carbonyl (C=O) groups excluding carboxylic acids is 1. The lowest BCUT2D eigenvalue weighted by Crippen LogP contribution is -2.22. The van der Waals surface area contributed by atoms with E-state index in [9.17, 15) is 4.79 Å². The highest BCUT2D eigenvalue weighted by atomic mass is 32.2. The van der Waals surface area contributed by atoms with Crippen LogP contribution in [0.25, 0.3) is 0 Å². The number of aromatic nitrogens is 1. The maximum atomic E-state index is 12.4. The summed E-state index contributed by atoms with van der Waals surface area (Å²) in [6.45, 7) is 3.99. The lowest BCUT2D eigenvalue weighted by atomic mass is 10.1. The first kappa shape index (κ1) is 18.2. The zero-order valence-corrected chi connectivity index (χ0v) is 15.8. The number of pyridine rings is 1. The molecule has 0 aliphatic rings. The Labute approximate surface area is 158 Å². The molecule has 0 spiro atoms. The van der Waals surface area contributed by atoms with Gasteiger partial charge in [0.2, 0.25) is 5.91 Å². The largest absolute Gasteiger partial charge is 0.325 e. The van der Waals surface area contributed by atoms with Gasteiger partial charge in [0, 0.05) is 23.0 Å². The number of nitrogens with zero attached hydrogens (tertiary/aromatic N) is 1. The highest BCUT2D eigenvalue weighted by Gasteiger charge is 2.14. The van der Waals surface area contributed by atoms with E-state index in [-0.39, 0.29) is 11.2 Å². The summed E-state index contributed by atoms with van der Waals surface area (Å²) in [6.07, 6.45) is 4.46. The van der Waals surface area contributed by atoms with Gasteiger partial charge in [-0.05, 0) is 67.8 Å². The molecule has 0 bridgehead atoms. The van der Waals surface area contributed by atoms with E-state index in [4.69, 9.17) is 0 Å². The van der Waals surface area contributed by atoms with Gasteiger partial charge in [0.15, 0.2) is 0 Å². The molecule has 0 aliphatic carbocycles. The van der Waals surface area contributed by atoms with Crippen molar-refractivity contribution in [2.45, 2.75) is 30.4 Å². The van der Waals surface area contributed by atoms with E-state index in [2.05, 4.69) is 41.5 Å². The van der Waals surface area contributed by atoms with Crippen LogP contribution >= 0.6 is 11.8 Å². The van der Waals surface area contributed by atoms with Gasteiger partial charge in [-0.3, -0.25) is 9.78 Å². The van der Waals surface area contributed by atoms with Gasteiger partial charge in [-0.1, -0.05) is 29.8 Å². The number of thioether (sulfide) groups is 1. The van der Waals surface area contributed by atoms with Crippen molar-refractivity contribution in [3.05, 3.63) is 89.7 Å². The Morgan fingerprint density at radius 1 is 0.962 bits per heavy atom. The molecule has 0 radical (unpaired) electrons. The van der Waals surface area contributed by atoms with Gasteiger partial charge >= 0.3 is 0 Å². The molecule has 3 rings (SSSR count). The number of hydrogen-bond donors (Lipinski definition) is 1. The molecule has 2 aromatic carbocycles. The van der Waals surface area contributed by atoms with Crippen molar-refractivity contribution in [1.29, 1.82) is 0 Å². The van der Waals surface area contributed by atoms with Gasteiger partial charge in [0.05, 0.1) is 5.25 Å². The van der Waals surface area contributed by atoms with E-state index >= 15 is 0 Å². The fraction of sp³-hybridized carbons (Fsp3) is 0.182. The minimum Gasteiger partial charge on any atom is -0.325 e. The van der Waals surface area contributed by atoms with Crippen LogP contribution in [0.5, 0.6) is 0 Å². The first-order chi connectivity index (χ1) is 12.6. The summed E-state index contributed by atoms with van der Waals surface area (Å²) in [7, 11) is 0.